The molecule has 0 N–H and O–H groups in total. The number of aromatic nitrogens is 1. The normalized spacial score (nSPS) is 12.6. The maximum atomic E-state index is 12.5. The summed E-state index contributed by atoms with van der Waals surface area (Å²) in [5.74, 6) is 0.0349. The lowest BCUT2D eigenvalue weighted by molar-refractivity contribution is 0.216. The minimum Gasteiger partial charge on any atom is -0.491 e. The molecule has 1 aromatic heterocycles. The van der Waals surface area contributed by atoms with Crippen LogP contribution in [0, 0.1) is 5.95 Å². The van der Waals surface area contributed by atoms with Gasteiger partial charge in [-0.05, 0) is 19.4 Å². The van der Waals surface area contributed by atoms with Crippen molar-refractivity contribution in [2.75, 3.05) is 0 Å². The van der Waals surface area contributed by atoms with Crippen molar-refractivity contribution in [2.24, 2.45) is 0 Å². The summed E-state index contributed by atoms with van der Waals surface area (Å²) in [5, 5.41) is 0. The smallest absolute Gasteiger partial charge is 0.216 e. The molecule has 1 aromatic rings. The molecule has 66 valence electrons. The van der Waals surface area contributed by atoms with E-state index in [9.17, 15) is 4.39 Å². The van der Waals surface area contributed by atoms with E-state index in [0.717, 1.165) is 6.42 Å². The van der Waals surface area contributed by atoms with Gasteiger partial charge in [0, 0.05) is 12.3 Å². The Hall–Kier alpha value is -1.12. The van der Waals surface area contributed by atoms with Gasteiger partial charge in [0.2, 0.25) is 5.95 Å². The Morgan fingerprint density at radius 3 is 3.00 bits per heavy atom. The number of ether oxygens (including phenoxy) is 1. The predicted octanol–water partition coefficient (Wildman–Crippen LogP) is 2.40. The van der Waals surface area contributed by atoms with E-state index in [4.69, 9.17) is 4.74 Å². The first-order valence-corrected chi connectivity index (χ1v) is 4.00. The summed E-state index contributed by atoms with van der Waals surface area (Å²) in [7, 11) is 0. The molecule has 1 unspecified atom stereocenters. The summed E-state index contributed by atoms with van der Waals surface area (Å²) in [6, 6.07) is 2.93. The molecule has 0 fully saturated rings. The molecule has 0 aliphatic rings. The quantitative estimate of drug-likeness (QED) is 0.648. The first kappa shape index (κ1) is 8.97. The van der Waals surface area contributed by atoms with Crippen molar-refractivity contribution in [3.8, 4) is 5.75 Å². The van der Waals surface area contributed by atoms with Crippen molar-refractivity contribution >= 4 is 0 Å². The molecule has 0 aliphatic heterocycles. The van der Waals surface area contributed by atoms with Gasteiger partial charge in [0.25, 0.3) is 0 Å². The predicted molar refractivity (Wildman–Crippen MR) is 44.6 cm³/mol. The lowest BCUT2D eigenvalue weighted by Crippen LogP contribution is -2.09. The van der Waals surface area contributed by atoms with Crippen LogP contribution < -0.4 is 4.74 Å². The average molecular weight is 169 g/mol. The molecule has 12 heavy (non-hydrogen) atoms. The second kappa shape index (κ2) is 4.04. The summed E-state index contributed by atoms with van der Waals surface area (Å²) in [4.78, 5) is 3.43. The highest BCUT2D eigenvalue weighted by molar-refractivity contribution is 5.18. The zero-order chi connectivity index (χ0) is 8.97. The van der Waals surface area contributed by atoms with Gasteiger partial charge in [-0.15, -0.1) is 0 Å². The molecular weight excluding hydrogens is 157 g/mol. The first-order chi connectivity index (χ1) is 5.72. The summed E-state index contributed by atoms with van der Waals surface area (Å²) >= 11 is 0. The number of pyridine rings is 1. The zero-order valence-electron chi connectivity index (χ0n) is 7.25. The molecule has 2 nitrogen and oxygen atoms in total. The van der Waals surface area contributed by atoms with Crippen LogP contribution in [0.3, 0.4) is 0 Å². The van der Waals surface area contributed by atoms with Crippen LogP contribution in [0.25, 0.3) is 0 Å². The number of halogens is 1. The lowest BCUT2D eigenvalue weighted by Gasteiger charge is -2.11. The monoisotopic (exact) mass is 169 g/mol. The number of nitrogens with zero attached hydrogens (tertiary/aromatic N) is 1. The van der Waals surface area contributed by atoms with E-state index in [0.29, 0.717) is 5.75 Å². The van der Waals surface area contributed by atoms with Crippen LogP contribution in [0.15, 0.2) is 18.3 Å². The Labute approximate surface area is 71.4 Å². The molecule has 0 saturated carbocycles. The van der Waals surface area contributed by atoms with Crippen molar-refractivity contribution < 1.29 is 9.13 Å². The molecular formula is C9H12FNO. The summed E-state index contributed by atoms with van der Waals surface area (Å²) < 4.78 is 17.9. The van der Waals surface area contributed by atoms with E-state index in [1.165, 1.54) is 12.3 Å². The molecule has 0 spiro atoms. The zero-order valence-corrected chi connectivity index (χ0v) is 7.25. The number of hydrogen-bond donors (Lipinski definition) is 0. The van der Waals surface area contributed by atoms with Crippen molar-refractivity contribution in [1.82, 2.24) is 4.98 Å². The third-order valence-corrected chi connectivity index (χ3v) is 1.61. The highest BCUT2D eigenvalue weighted by Gasteiger charge is 2.01. The van der Waals surface area contributed by atoms with E-state index in [1.54, 1.807) is 6.07 Å². The maximum Gasteiger partial charge on any atom is 0.216 e. The lowest BCUT2D eigenvalue weighted by atomic mass is 10.3. The van der Waals surface area contributed by atoms with Gasteiger partial charge >= 0.3 is 0 Å². The van der Waals surface area contributed by atoms with Crippen molar-refractivity contribution in [3.05, 3.63) is 24.3 Å². The summed E-state index contributed by atoms with van der Waals surface area (Å²) in [5.41, 5.74) is 0. The van der Waals surface area contributed by atoms with Crippen LogP contribution in [-0.4, -0.2) is 11.1 Å². The van der Waals surface area contributed by atoms with Crippen LogP contribution in [0.1, 0.15) is 20.3 Å². The molecule has 0 saturated heterocycles. The standard InChI is InChI=1S/C9H12FNO/c1-3-7(2)12-8-4-5-11-9(10)6-8/h4-7H,3H2,1-2H3. The molecule has 1 rings (SSSR count). The van der Waals surface area contributed by atoms with Crippen molar-refractivity contribution in [3.63, 3.8) is 0 Å². The van der Waals surface area contributed by atoms with E-state index < -0.39 is 5.95 Å². The molecule has 0 radical (unpaired) electrons. The van der Waals surface area contributed by atoms with Gasteiger partial charge in [-0.25, -0.2) is 4.98 Å². The highest BCUT2D eigenvalue weighted by atomic mass is 19.1. The molecule has 0 bridgehead atoms. The van der Waals surface area contributed by atoms with Crippen molar-refractivity contribution in [2.45, 2.75) is 26.4 Å². The van der Waals surface area contributed by atoms with Gasteiger partial charge in [0.1, 0.15) is 5.75 Å². The van der Waals surface area contributed by atoms with Gasteiger partial charge in [0.15, 0.2) is 0 Å². The summed E-state index contributed by atoms with van der Waals surface area (Å²) in [6.07, 6.45) is 2.42. The molecule has 1 atom stereocenters. The van der Waals surface area contributed by atoms with Gasteiger partial charge in [-0.3, -0.25) is 0 Å². The minimum atomic E-state index is -0.504. The van der Waals surface area contributed by atoms with E-state index >= 15 is 0 Å². The van der Waals surface area contributed by atoms with E-state index in [-0.39, 0.29) is 6.10 Å². The van der Waals surface area contributed by atoms with E-state index in [1.807, 2.05) is 13.8 Å². The fourth-order valence-corrected chi connectivity index (χ4v) is 0.774. The first-order valence-electron chi connectivity index (χ1n) is 4.00. The Bertz CT molecular complexity index is 252. The van der Waals surface area contributed by atoms with Crippen molar-refractivity contribution in [1.29, 1.82) is 0 Å². The Balaban J connectivity index is 2.63. The van der Waals surface area contributed by atoms with Crippen LogP contribution in [0.2, 0.25) is 0 Å². The second-order valence-corrected chi connectivity index (χ2v) is 2.65. The Morgan fingerprint density at radius 1 is 1.67 bits per heavy atom. The second-order valence-electron chi connectivity index (χ2n) is 2.65. The molecule has 1 heterocycles. The van der Waals surface area contributed by atoms with Gasteiger partial charge in [-0.2, -0.15) is 4.39 Å². The van der Waals surface area contributed by atoms with Crippen LogP contribution >= 0.6 is 0 Å². The number of hydrogen-bond acceptors (Lipinski definition) is 2. The van der Waals surface area contributed by atoms with Crippen LogP contribution in [0.5, 0.6) is 5.75 Å². The SMILES string of the molecule is CCC(C)Oc1ccnc(F)c1. The topological polar surface area (TPSA) is 22.1 Å². The maximum absolute atomic E-state index is 12.5. The Kier molecular flexibility index (Phi) is 3.02. The molecule has 0 aromatic carbocycles. The average Bonchev–Trinajstić information content (AvgIpc) is 2.04. The van der Waals surface area contributed by atoms with Crippen LogP contribution in [-0.2, 0) is 0 Å². The third-order valence-electron chi connectivity index (χ3n) is 1.61. The van der Waals surface area contributed by atoms with Crippen LogP contribution in [0.4, 0.5) is 4.39 Å². The fourth-order valence-electron chi connectivity index (χ4n) is 0.774. The van der Waals surface area contributed by atoms with Gasteiger partial charge in [-0.1, -0.05) is 6.92 Å². The fraction of sp³-hybridized carbons (Fsp3) is 0.444. The molecule has 0 amide bonds. The third kappa shape index (κ3) is 2.49. The molecule has 3 heteroatoms. The number of rotatable bonds is 3. The summed E-state index contributed by atoms with van der Waals surface area (Å²) in [6.45, 7) is 3.96. The van der Waals surface area contributed by atoms with Gasteiger partial charge < -0.3 is 4.74 Å². The van der Waals surface area contributed by atoms with E-state index in [2.05, 4.69) is 4.98 Å². The Morgan fingerprint density at radius 2 is 2.42 bits per heavy atom. The molecule has 0 aliphatic carbocycles. The minimum absolute atomic E-state index is 0.117. The largest absolute Gasteiger partial charge is 0.491 e. The highest BCUT2D eigenvalue weighted by Crippen LogP contribution is 2.12. The van der Waals surface area contributed by atoms with Gasteiger partial charge in [0.05, 0.1) is 6.10 Å².